The molecule has 0 fully saturated rings. The van der Waals surface area contributed by atoms with Gasteiger partial charge in [-0.1, -0.05) is 0 Å². The molecule has 2 aromatic rings. The zero-order valence-electron chi connectivity index (χ0n) is 8.62. The van der Waals surface area contributed by atoms with Crippen molar-refractivity contribution in [2.24, 2.45) is 0 Å². The summed E-state index contributed by atoms with van der Waals surface area (Å²) in [7, 11) is 0. The Balaban J connectivity index is 2.44. The van der Waals surface area contributed by atoms with Gasteiger partial charge in [0.05, 0.1) is 11.0 Å². The molecule has 0 aliphatic carbocycles. The highest BCUT2D eigenvalue weighted by Gasteiger charge is 2.13. The first-order valence-corrected chi connectivity index (χ1v) is 5.60. The molecule has 86 valence electrons. The minimum atomic E-state index is -0.636. The lowest BCUT2D eigenvalue weighted by Gasteiger charge is -2.08. The first-order chi connectivity index (χ1) is 8.13. The summed E-state index contributed by atoms with van der Waals surface area (Å²) in [5, 5.41) is 8.81. The monoisotopic (exact) mass is 296 g/mol. The van der Waals surface area contributed by atoms with Crippen molar-refractivity contribution in [2.45, 2.75) is 6.54 Å². The van der Waals surface area contributed by atoms with E-state index in [2.05, 4.69) is 15.9 Å². The topological polar surface area (TPSA) is 28.7 Å². The maximum Gasteiger partial charge on any atom is 0.145 e. The first-order valence-electron chi connectivity index (χ1n) is 4.81. The molecule has 0 atom stereocenters. The number of benzene rings is 1. The van der Waals surface area contributed by atoms with Crippen LogP contribution in [0.3, 0.4) is 0 Å². The van der Waals surface area contributed by atoms with E-state index in [0.29, 0.717) is 5.69 Å². The van der Waals surface area contributed by atoms with Gasteiger partial charge in [-0.2, -0.15) is 5.26 Å². The number of halogens is 3. The third-order valence-electron chi connectivity index (χ3n) is 2.41. The van der Waals surface area contributed by atoms with Crippen molar-refractivity contribution in [3.05, 3.63) is 57.8 Å². The van der Waals surface area contributed by atoms with Crippen molar-refractivity contribution in [2.75, 3.05) is 0 Å². The maximum absolute atomic E-state index is 13.7. The van der Waals surface area contributed by atoms with Gasteiger partial charge >= 0.3 is 0 Å². The maximum atomic E-state index is 13.7. The molecule has 1 aromatic heterocycles. The van der Waals surface area contributed by atoms with Crippen LogP contribution in [0.2, 0.25) is 0 Å². The summed E-state index contributed by atoms with van der Waals surface area (Å²) in [6.07, 6.45) is 1.61. The summed E-state index contributed by atoms with van der Waals surface area (Å²) in [5.41, 5.74) is 0.302. The average molecular weight is 297 g/mol. The molecule has 0 bridgehead atoms. The molecule has 0 saturated carbocycles. The fraction of sp³-hybridized carbons (Fsp3) is 0.0833. The summed E-state index contributed by atoms with van der Waals surface area (Å²) in [6.45, 7) is -0.00694. The third-order valence-corrected chi connectivity index (χ3v) is 3.02. The molecule has 2 rings (SSSR count). The molecule has 0 unspecified atom stereocenters. The molecule has 17 heavy (non-hydrogen) atoms. The smallest absolute Gasteiger partial charge is 0.145 e. The SMILES string of the molecule is N#Cc1cccn1Cc1c(F)ccc(Br)c1F. The van der Waals surface area contributed by atoms with E-state index in [4.69, 9.17) is 5.26 Å². The average Bonchev–Trinajstić information content (AvgIpc) is 2.77. The van der Waals surface area contributed by atoms with Crippen molar-refractivity contribution >= 4 is 15.9 Å². The largest absolute Gasteiger partial charge is 0.335 e. The summed E-state index contributed by atoms with van der Waals surface area (Å²) in [4.78, 5) is 0. The molecule has 0 radical (unpaired) electrons. The standard InChI is InChI=1S/C12H7BrF2N2/c13-10-3-4-11(14)9(12(10)15)7-17-5-1-2-8(17)6-16/h1-5H,7H2. The second-order valence-electron chi connectivity index (χ2n) is 3.45. The number of nitrogens with zero attached hydrogens (tertiary/aromatic N) is 2. The second-order valence-corrected chi connectivity index (χ2v) is 4.31. The van der Waals surface area contributed by atoms with Crippen molar-refractivity contribution in [1.82, 2.24) is 4.57 Å². The minimum absolute atomic E-state index is 0.00694. The van der Waals surface area contributed by atoms with Gasteiger partial charge in [-0.05, 0) is 40.2 Å². The summed E-state index contributed by atoms with van der Waals surface area (Å²) >= 11 is 3.00. The molecule has 0 aliphatic rings. The fourth-order valence-corrected chi connectivity index (χ4v) is 1.91. The van der Waals surface area contributed by atoms with E-state index >= 15 is 0 Å². The van der Waals surface area contributed by atoms with Gasteiger partial charge in [0.2, 0.25) is 0 Å². The van der Waals surface area contributed by atoms with Crippen LogP contribution in [0.4, 0.5) is 8.78 Å². The van der Waals surface area contributed by atoms with Crippen molar-refractivity contribution in [3.8, 4) is 6.07 Å². The molecule has 1 heterocycles. The summed E-state index contributed by atoms with van der Waals surface area (Å²) in [6, 6.07) is 7.71. The normalized spacial score (nSPS) is 10.2. The van der Waals surface area contributed by atoms with Gasteiger partial charge < -0.3 is 4.57 Å². The number of rotatable bonds is 2. The molecule has 0 spiro atoms. The van der Waals surface area contributed by atoms with Gasteiger partial charge in [0, 0.05) is 11.8 Å². The summed E-state index contributed by atoms with van der Waals surface area (Å²) < 4.78 is 28.9. The molecular formula is C12H7BrF2N2. The number of aromatic nitrogens is 1. The molecule has 0 amide bonds. The first kappa shape index (κ1) is 11.8. The third kappa shape index (κ3) is 2.22. The van der Waals surface area contributed by atoms with Crippen LogP contribution >= 0.6 is 15.9 Å². The predicted molar refractivity (Wildman–Crippen MR) is 62.3 cm³/mol. The number of nitriles is 1. The van der Waals surface area contributed by atoms with Gasteiger partial charge in [-0.15, -0.1) is 0 Å². The molecule has 0 saturated heterocycles. The molecule has 5 heteroatoms. The van der Waals surface area contributed by atoms with Crippen LogP contribution in [0.1, 0.15) is 11.3 Å². The van der Waals surface area contributed by atoms with Crippen molar-refractivity contribution in [3.63, 3.8) is 0 Å². The van der Waals surface area contributed by atoms with E-state index in [1.807, 2.05) is 6.07 Å². The van der Waals surface area contributed by atoms with Crippen LogP contribution in [-0.4, -0.2) is 4.57 Å². The lowest BCUT2D eigenvalue weighted by Crippen LogP contribution is -2.05. The van der Waals surface area contributed by atoms with E-state index in [0.717, 1.165) is 0 Å². The Kier molecular flexibility index (Phi) is 3.25. The van der Waals surface area contributed by atoms with Gasteiger partial charge in [0.1, 0.15) is 23.4 Å². The Morgan fingerprint density at radius 2 is 2.06 bits per heavy atom. The Labute approximate surface area is 105 Å². The van der Waals surface area contributed by atoms with Crippen molar-refractivity contribution < 1.29 is 8.78 Å². The van der Waals surface area contributed by atoms with Gasteiger partial charge in [-0.3, -0.25) is 0 Å². The second kappa shape index (κ2) is 4.68. The van der Waals surface area contributed by atoms with E-state index in [1.54, 1.807) is 18.3 Å². The predicted octanol–water partition coefficient (Wildman–Crippen LogP) is 3.45. The Morgan fingerprint density at radius 3 is 2.76 bits per heavy atom. The molecule has 1 aromatic carbocycles. The molecule has 2 nitrogen and oxygen atoms in total. The highest BCUT2D eigenvalue weighted by atomic mass is 79.9. The van der Waals surface area contributed by atoms with Crippen LogP contribution in [0, 0.1) is 23.0 Å². The lowest BCUT2D eigenvalue weighted by molar-refractivity contribution is 0.540. The number of hydrogen-bond acceptors (Lipinski definition) is 1. The molecular weight excluding hydrogens is 290 g/mol. The zero-order valence-corrected chi connectivity index (χ0v) is 10.2. The Hall–Kier alpha value is -1.67. The van der Waals surface area contributed by atoms with Crippen LogP contribution in [0.15, 0.2) is 34.9 Å². The quantitative estimate of drug-likeness (QED) is 0.780. The van der Waals surface area contributed by atoms with Gasteiger partial charge in [0.25, 0.3) is 0 Å². The van der Waals surface area contributed by atoms with Crippen LogP contribution in [-0.2, 0) is 6.54 Å². The number of hydrogen-bond donors (Lipinski definition) is 0. The highest BCUT2D eigenvalue weighted by Crippen LogP contribution is 2.22. The summed E-state index contributed by atoms with van der Waals surface area (Å²) in [5.74, 6) is -1.26. The van der Waals surface area contributed by atoms with Crippen LogP contribution in [0.25, 0.3) is 0 Å². The zero-order chi connectivity index (χ0) is 12.4. The van der Waals surface area contributed by atoms with Crippen LogP contribution in [0.5, 0.6) is 0 Å². The molecule has 0 aliphatic heterocycles. The van der Waals surface area contributed by atoms with E-state index < -0.39 is 11.6 Å². The fourth-order valence-electron chi connectivity index (χ4n) is 1.54. The lowest BCUT2D eigenvalue weighted by atomic mass is 10.2. The van der Waals surface area contributed by atoms with Crippen molar-refractivity contribution in [1.29, 1.82) is 5.26 Å². The molecule has 0 N–H and O–H groups in total. The Bertz CT molecular complexity index is 599. The highest BCUT2D eigenvalue weighted by molar-refractivity contribution is 9.10. The minimum Gasteiger partial charge on any atom is -0.335 e. The van der Waals surface area contributed by atoms with E-state index in [-0.39, 0.29) is 16.6 Å². The van der Waals surface area contributed by atoms with E-state index in [1.165, 1.54) is 16.7 Å². The Morgan fingerprint density at radius 1 is 1.29 bits per heavy atom. The van der Waals surface area contributed by atoms with E-state index in [9.17, 15) is 8.78 Å². The van der Waals surface area contributed by atoms with Gasteiger partial charge in [0.15, 0.2) is 0 Å². The van der Waals surface area contributed by atoms with Gasteiger partial charge in [-0.25, -0.2) is 8.78 Å². The van der Waals surface area contributed by atoms with Crippen LogP contribution < -0.4 is 0 Å².